The fraction of sp³-hybridized carbons (Fsp3) is 0.176. The monoisotopic (exact) mass is 361 g/mol. The van der Waals surface area contributed by atoms with Gasteiger partial charge < -0.3 is 25.3 Å². The van der Waals surface area contributed by atoms with Crippen LogP contribution >= 0.6 is 0 Å². The molecule has 0 saturated heterocycles. The van der Waals surface area contributed by atoms with Crippen molar-refractivity contribution < 1.29 is 28.2 Å². The Morgan fingerprint density at radius 2 is 2.12 bits per heavy atom. The van der Waals surface area contributed by atoms with E-state index in [0.717, 1.165) is 6.07 Å². The fourth-order valence-corrected chi connectivity index (χ4v) is 1.97. The topological polar surface area (TPSA) is 121 Å². The van der Waals surface area contributed by atoms with Crippen LogP contribution in [0, 0.1) is 5.82 Å². The molecule has 0 radical (unpaired) electrons. The fourth-order valence-electron chi connectivity index (χ4n) is 1.97. The standard InChI is InChI=1S/C17H16FN3O5/c1-2-25-17(24)14(9-22)21-10-3-4-15(12(18)7-10)26-11-5-6-20-13(8-11)16(19)23/h3-9,14,21H,2H2,1H3,(H2,19,23). The highest BCUT2D eigenvalue weighted by Gasteiger charge is 2.19. The highest BCUT2D eigenvalue weighted by Crippen LogP contribution is 2.27. The number of benzene rings is 1. The van der Waals surface area contributed by atoms with Gasteiger partial charge in [-0.15, -0.1) is 0 Å². The number of nitrogens with one attached hydrogen (secondary N) is 1. The van der Waals surface area contributed by atoms with Crippen LogP contribution < -0.4 is 15.8 Å². The maximum absolute atomic E-state index is 14.2. The van der Waals surface area contributed by atoms with E-state index < -0.39 is 23.7 Å². The lowest BCUT2D eigenvalue weighted by Gasteiger charge is -2.14. The van der Waals surface area contributed by atoms with E-state index in [0.29, 0.717) is 6.29 Å². The van der Waals surface area contributed by atoms with Crippen LogP contribution in [0.15, 0.2) is 36.5 Å². The molecule has 8 nitrogen and oxygen atoms in total. The van der Waals surface area contributed by atoms with E-state index in [4.69, 9.17) is 15.2 Å². The van der Waals surface area contributed by atoms with Crippen molar-refractivity contribution in [1.29, 1.82) is 0 Å². The molecule has 3 N–H and O–H groups in total. The first kappa shape index (κ1) is 18.8. The van der Waals surface area contributed by atoms with Crippen molar-refractivity contribution in [2.24, 2.45) is 5.73 Å². The third-order valence-corrected chi connectivity index (χ3v) is 3.14. The third kappa shape index (κ3) is 4.76. The number of primary amides is 1. The van der Waals surface area contributed by atoms with Crippen molar-refractivity contribution in [2.45, 2.75) is 13.0 Å². The summed E-state index contributed by atoms with van der Waals surface area (Å²) in [6, 6.07) is 5.23. The number of ether oxygens (including phenoxy) is 2. The van der Waals surface area contributed by atoms with Crippen LogP contribution in [0.3, 0.4) is 0 Å². The molecule has 0 saturated carbocycles. The van der Waals surface area contributed by atoms with Gasteiger partial charge in [0.2, 0.25) is 0 Å². The van der Waals surface area contributed by atoms with Crippen molar-refractivity contribution >= 4 is 23.9 Å². The molecular weight excluding hydrogens is 345 g/mol. The molecular formula is C17H16FN3O5. The Bertz CT molecular complexity index is 828. The molecule has 0 fully saturated rings. The minimum Gasteiger partial charge on any atom is -0.464 e. The molecule has 2 rings (SSSR count). The van der Waals surface area contributed by atoms with Gasteiger partial charge >= 0.3 is 5.97 Å². The summed E-state index contributed by atoms with van der Waals surface area (Å²) in [5, 5.41) is 2.56. The summed E-state index contributed by atoms with van der Waals surface area (Å²) in [5.41, 5.74) is 5.29. The number of anilines is 1. The molecule has 1 atom stereocenters. The summed E-state index contributed by atoms with van der Waals surface area (Å²) in [4.78, 5) is 37.4. The van der Waals surface area contributed by atoms with Gasteiger partial charge in [-0.05, 0) is 25.1 Å². The van der Waals surface area contributed by atoms with E-state index in [1.165, 1.54) is 30.5 Å². The first-order chi connectivity index (χ1) is 12.4. The number of aromatic nitrogens is 1. The van der Waals surface area contributed by atoms with Gasteiger partial charge in [0.1, 0.15) is 11.4 Å². The number of hydrogen-bond acceptors (Lipinski definition) is 7. The number of carbonyl (C=O) groups excluding carboxylic acids is 3. The van der Waals surface area contributed by atoms with Crippen molar-refractivity contribution in [1.82, 2.24) is 4.98 Å². The van der Waals surface area contributed by atoms with E-state index in [1.807, 2.05) is 0 Å². The number of hydrogen-bond donors (Lipinski definition) is 2. The Morgan fingerprint density at radius 3 is 2.73 bits per heavy atom. The summed E-state index contributed by atoms with van der Waals surface area (Å²) in [6.07, 6.45) is 1.67. The van der Waals surface area contributed by atoms with E-state index in [9.17, 15) is 18.8 Å². The molecule has 0 bridgehead atoms. The largest absolute Gasteiger partial charge is 0.464 e. The average Bonchev–Trinajstić information content (AvgIpc) is 2.62. The lowest BCUT2D eigenvalue weighted by atomic mass is 10.2. The number of nitrogens with zero attached hydrogens (tertiary/aromatic N) is 1. The van der Waals surface area contributed by atoms with Crippen molar-refractivity contribution in [3.63, 3.8) is 0 Å². The average molecular weight is 361 g/mol. The van der Waals surface area contributed by atoms with Crippen molar-refractivity contribution in [3.8, 4) is 11.5 Å². The Hall–Kier alpha value is -3.49. The lowest BCUT2D eigenvalue weighted by molar-refractivity contribution is -0.144. The number of pyridine rings is 1. The van der Waals surface area contributed by atoms with E-state index in [2.05, 4.69) is 10.3 Å². The van der Waals surface area contributed by atoms with Gasteiger partial charge in [-0.25, -0.2) is 9.18 Å². The molecule has 0 aliphatic rings. The van der Waals surface area contributed by atoms with Gasteiger partial charge in [-0.1, -0.05) is 0 Å². The maximum Gasteiger partial charge on any atom is 0.336 e. The number of nitrogens with two attached hydrogens (primary N) is 1. The van der Waals surface area contributed by atoms with Crippen LogP contribution in [0.4, 0.5) is 10.1 Å². The van der Waals surface area contributed by atoms with Crippen LogP contribution in [-0.2, 0) is 14.3 Å². The second-order valence-corrected chi connectivity index (χ2v) is 5.00. The summed E-state index contributed by atoms with van der Waals surface area (Å²) in [5.74, 6) is -2.21. The van der Waals surface area contributed by atoms with Gasteiger partial charge in [0.05, 0.1) is 6.61 Å². The molecule has 1 heterocycles. The molecule has 26 heavy (non-hydrogen) atoms. The van der Waals surface area contributed by atoms with Crippen LogP contribution in [0.2, 0.25) is 0 Å². The third-order valence-electron chi connectivity index (χ3n) is 3.14. The van der Waals surface area contributed by atoms with E-state index >= 15 is 0 Å². The molecule has 2 aromatic rings. The highest BCUT2D eigenvalue weighted by atomic mass is 19.1. The molecule has 0 aliphatic carbocycles. The number of aldehydes is 1. The summed E-state index contributed by atoms with van der Waals surface area (Å²) in [7, 11) is 0. The smallest absolute Gasteiger partial charge is 0.336 e. The molecule has 9 heteroatoms. The lowest BCUT2D eigenvalue weighted by Crippen LogP contribution is -2.32. The van der Waals surface area contributed by atoms with Crippen LogP contribution in [0.25, 0.3) is 0 Å². The molecule has 136 valence electrons. The summed E-state index contributed by atoms with van der Waals surface area (Å²) < 4.78 is 24.3. The Balaban J connectivity index is 2.14. The van der Waals surface area contributed by atoms with Crippen LogP contribution in [0.5, 0.6) is 11.5 Å². The molecule has 1 unspecified atom stereocenters. The van der Waals surface area contributed by atoms with E-state index in [1.54, 1.807) is 6.92 Å². The zero-order chi connectivity index (χ0) is 19.1. The number of esters is 1. The van der Waals surface area contributed by atoms with Gasteiger partial charge in [0.15, 0.2) is 23.9 Å². The van der Waals surface area contributed by atoms with Gasteiger partial charge in [-0.2, -0.15) is 0 Å². The second kappa shape index (κ2) is 8.56. The number of amides is 1. The molecule has 1 amide bonds. The van der Waals surface area contributed by atoms with Crippen LogP contribution in [-0.4, -0.2) is 35.8 Å². The van der Waals surface area contributed by atoms with Gasteiger partial charge in [0.25, 0.3) is 5.91 Å². The molecule has 0 spiro atoms. The molecule has 0 aliphatic heterocycles. The summed E-state index contributed by atoms with van der Waals surface area (Å²) >= 11 is 0. The van der Waals surface area contributed by atoms with Gasteiger partial charge in [-0.3, -0.25) is 9.78 Å². The van der Waals surface area contributed by atoms with Gasteiger partial charge in [0, 0.05) is 24.0 Å². The number of rotatable bonds is 8. The first-order valence-corrected chi connectivity index (χ1v) is 7.56. The minimum absolute atomic E-state index is 0.0237. The Morgan fingerprint density at radius 1 is 1.35 bits per heavy atom. The molecule has 1 aromatic heterocycles. The predicted molar refractivity (Wildman–Crippen MR) is 89.3 cm³/mol. The maximum atomic E-state index is 14.2. The summed E-state index contributed by atoms with van der Waals surface area (Å²) in [6.45, 7) is 1.72. The SMILES string of the molecule is CCOC(=O)C(C=O)Nc1ccc(Oc2ccnc(C(N)=O)c2)c(F)c1. The number of carbonyl (C=O) groups is 3. The molecule has 1 aromatic carbocycles. The van der Waals surface area contributed by atoms with Crippen LogP contribution in [0.1, 0.15) is 17.4 Å². The quantitative estimate of drug-likeness (QED) is 0.417. The van der Waals surface area contributed by atoms with E-state index in [-0.39, 0.29) is 29.5 Å². The Kier molecular flexibility index (Phi) is 6.20. The minimum atomic E-state index is -1.25. The second-order valence-electron chi connectivity index (χ2n) is 5.00. The number of halogens is 1. The Labute approximate surface area is 148 Å². The normalized spacial score (nSPS) is 11.3. The predicted octanol–water partition coefficient (Wildman–Crippen LogP) is 1.65. The zero-order valence-electron chi connectivity index (χ0n) is 13.8. The van der Waals surface area contributed by atoms with Crippen molar-refractivity contribution in [2.75, 3.05) is 11.9 Å². The first-order valence-electron chi connectivity index (χ1n) is 7.56. The zero-order valence-corrected chi connectivity index (χ0v) is 13.8. The highest BCUT2D eigenvalue weighted by molar-refractivity contribution is 5.95. The van der Waals surface area contributed by atoms with Crippen molar-refractivity contribution in [3.05, 3.63) is 48.0 Å².